The van der Waals surface area contributed by atoms with E-state index < -0.39 is 0 Å². The van der Waals surface area contributed by atoms with Crippen LogP contribution in [0.15, 0.2) is 194 Å². The Hall–Kier alpha value is -8.71. The van der Waals surface area contributed by atoms with E-state index >= 15 is 0 Å². The van der Waals surface area contributed by atoms with Crippen molar-refractivity contribution in [3.8, 4) is 51.7 Å². The van der Waals surface area contributed by atoms with Gasteiger partial charge in [0, 0.05) is 43.4 Å². The molecule has 0 fully saturated rings. The molecule has 0 N–H and O–H groups in total. The van der Waals surface area contributed by atoms with Crippen LogP contribution in [-0.2, 0) is 0 Å². The van der Waals surface area contributed by atoms with Crippen LogP contribution in [0.1, 0.15) is 11.1 Å². The third-order valence-electron chi connectivity index (χ3n) is 12.1. The maximum atomic E-state index is 10.6. The van der Waals surface area contributed by atoms with Crippen molar-refractivity contribution >= 4 is 65.4 Å². The lowest BCUT2D eigenvalue weighted by atomic mass is 9.91. The number of nitriles is 2. The molecule has 61 heavy (non-hydrogen) atoms. The van der Waals surface area contributed by atoms with Crippen molar-refractivity contribution in [2.24, 2.45) is 0 Å². The van der Waals surface area contributed by atoms with Crippen LogP contribution in [0, 0.1) is 22.7 Å². The van der Waals surface area contributed by atoms with Gasteiger partial charge in [0.05, 0.1) is 49.9 Å². The number of benzene rings is 8. The minimum absolute atomic E-state index is 0.306. The van der Waals surface area contributed by atoms with E-state index in [1.54, 1.807) is 6.07 Å². The Morgan fingerprint density at radius 3 is 1.13 bits per heavy atom. The fourth-order valence-electron chi connectivity index (χ4n) is 9.59. The summed E-state index contributed by atoms with van der Waals surface area (Å²) in [5.41, 5.74) is 11.1. The third-order valence-corrected chi connectivity index (χ3v) is 12.1. The molecule has 12 rings (SSSR count). The Morgan fingerprint density at radius 2 is 0.705 bits per heavy atom. The van der Waals surface area contributed by atoms with Crippen molar-refractivity contribution in [2.45, 2.75) is 0 Å². The average molecular weight is 777 g/mol. The van der Waals surface area contributed by atoms with Gasteiger partial charge >= 0.3 is 0 Å². The number of para-hydroxylation sites is 6. The van der Waals surface area contributed by atoms with Crippen molar-refractivity contribution in [1.29, 1.82) is 10.5 Å². The highest BCUT2D eigenvalue weighted by Crippen LogP contribution is 2.48. The van der Waals surface area contributed by atoms with Gasteiger partial charge in [0.2, 0.25) is 0 Å². The summed E-state index contributed by atoms with van der Waals surface area (Å²) in [7, 11) is 0. The average Bonchev–Trinajstić information content (AvgIpc) is 3.97. The molecule has 0 radical (unpaired) electrons. The Bertz CT molecular complexity index is 3690. The number of pyridine rings is 1. The van der Waals surface area contributed by atoms with Crippen molar-refractivity contribution in [2.75, 3.05) is 0 Å². The molecular weight excluding hydrogens is 745 g/mol. The molecule has 0 aliphatic heterocycles. The lowest BCUT2D eigenvalue weighted by Crippen LogP contribution is -2.13. The van der Waals surface area contributed by atoms with Gasteiger partial charge < -0.3 is 4.57 Å². The second-order valence-corrected chi connectivity index (χ2v) is 15.3. The number of hydrogen-bond donors (Lipinski definition) is 0. The molecule has 0 spiro atoms. The standard InChI is InChI=1S/C55H32N6/c56-33-37-31-30-36(32-38(37)34-57)51-52(35-16-2-1-3-17-35)54(60-47-26-12-6-20-41(47)42-21-7-13-27-48(42)60)58-55(61-49-28-14-8-22-43(49)44-23-9-15-29-50(44)61)53(51)59-45-24-10-4-18-39(45)40-19-5-11-25-46(40)59/h1-32H. The predicted molar refractivity (Wildman–Crippen MR) is 248 cm³/mol. The van der Waals surface area contributed by atoms with E-state index in [9.17, 15) is 10.5 Å². The van der Waals surface area contributed by atoms with Crippen molar-refractivity contribution in [3.05, 3.63) is 205 Å². The first-order valence-electron chi connectivity index (χ1n) is 20.3. The van der Waals surface area contributed by atoms with Crippen LogP contribution < -0.4 is 0 Å². The van der Waals surface area contributed by atoms with Crippen LogP contribution in [0.25, 0.3) is 105 Å². The molecule has 0 bridgehead atoms. The van der Waals surface area contributed by atoms with Crippen LogP contribution in [0.3, 0.4) is 0 Å². The number of aromatic nitrogens is 4. The van der Waals surface area contributed by atoms with Gasteiger partial charge in [0.1, 0.15) is 18.0 Å². The topological polar surface area (TPSA) is 75.3 Å². The molecule has 4 heterocycles. The van der Waals surface area contributed by atoms with E-state index in [4.69, 9.17) is 4.98 Å². The summed E-state index contributed by atoms with van der Waals surface area (Å²) >= 11 is 0. The maximum absolute atomic E-state index is 10.6. The highest BCUT2D eigenvalue weighted by atomic mass is 15.2. The molecule has 6 nitrogen and oxygen atoms in total. The number of nitrogens with zero attached hydrogens (tertiary/aromatic N) is 6. The van der Waals surface area contributed by atoms with Crippen LogP contribution in [-0.4, -0.2) is 18.7 Å². The van der Waals surface area contributed by atoms with Crippen LogP contribution in [0.4, 0.5) is 0 Å². The zero-order chi connectivity index (χ0) is 40.6. The van der Waals surface area contributed by atoms with E-state index in [0.717, 1.165) is 105 Å². The largest absolute Gasteiger partial charge is 0.305 e. The fourth-order valence-corrected chi connectivity index (χ4v) is 9.59. The zero-order valence-electron chi connectivity index (χ0n) is 32.7. The van der Waals surface area contributed by atoms with E-state index in [1.165, 1.54) is 0 Å². The van der Waals surface area contributed by atoms with Gasteiger partial charge in [-0.2, -0.15) is 10.5 Å². The Morgan fingerprint density at radius 1 is 0.328 bits per heavy atom. The van der Waals surface area contributed by atoms with Crippen molar-refractivity contribution in [3.63, 3.8) is 0 Å². The Balaban J connectivity index is 1.41. The Kier molecular flexibility index (Phi) is 7.56. The van der Waals surface area contributed by atoms with E-state index in [-0.39, 0.29) is 0 Å². The van der Waals surface area contributed by atoms with Crippen molar-refractivity contribution in [1.82, 2.24) is 18.7 Å². The maximum Gasteiger partial charge on any atom is 0.165 e. The first-order chi connectivity index (χ1) is 30.2. The minimum atomic E-state index is 0.306. The summed E-state index contributed by atoms with van der Waals surface area (Å²) < 4.78 is 6.98. The lowest BCUT2D eigenvalue weighted by molar-refractivity contribution is 0.987. The van der Waals surface area contributed by atoms with Gasteiger partial charge in [-0.15, -0.1) is 0 Å². The molecule has 0 aliphatic carbocycles. The van der Waals surface area contributed by atoms with E-state index in [2.05, 4.69) is 196 Å². The zero-order valence-corrected chi connectivity index (χ0v) is 32.7. The second kappa shape index (κ2) is 13.4. The van der Waals surface area contributed by atoms with Gasteiger partial charge in [-0.1, -0.05) is 146 Å². The van der Waals surface area contributed by atoms with Crippen LogP contribution in [0.2, 0.25) is 0 Å². The molecule has 0 atom stereocenters. The van der Waals surface area contributed by atoms with Crippen LogP contribution in [0.5, 0.6) is 0 Å². The molecule has 0 saturated heterocycles. The summed E-state index contributed by atoms with van der Waals surface area (Å²) in [6.45, 7) is 0. The van der Waals surface area contributed by atoms with E-state index in [1.807, 2.05) is 18.2 Å². The monoisotopic (exact) mass is 776 g/mol. The quantitative estimate of drug-likeness (QED) is 0.175. The van der Waals surface area contributed by atoms with Gasteiger partial charge in [-0.25, -0.2) is 4.98 Å². The van der Waals surface area contributed by atoms with Crippen molar-refractivity contribution < 1.29 is 0 Å². The molecule has 8 aromatic carbocycles. The summed E-state index contributed by atoms with van der Waals surface area (Å²) in [4.78, 5) is 6.05. The molecular formula is C55H32N6. The minimum Gasteiger partial charge on any atom is -0.305 e. The summed E-state index contributed by atoms with van der Waals surface area (Å²) in [5.74, 6) is 1.46. The third kappa shape index (κ3) is 4.97. The number of fused-ring (bicyclic) bond motifs is 9. The molecule has 4 aromatic heterocycles. The molecule has 0 amide bonds. The second-order valence-electron chi connectivity index (χ2n) is 15.3. The van der Waals surface area contributed by atoms with Gasteiger partial charge in [-0.3, -0.25) is 9.13 Å². The fraction of sp³-hybridized carbons (Fsp3) is 0. The highest BCUT2D eigenvalue weighted by Gasteiger charge is 2.31. The summed E-state index contributed by atoms with van der Waals surface area (Å²) in [6.07, 6.45) is 0. The SMILES string of the molecule is N#Cc1ccc(-c2c(-c3ccccc3)c(-n3c4ccccc4c4ccccc43)nc(-n3c4ccccc4c4ccccc43)c2-n2c3ccccc3c3ccccc32)cc1C#N. The van der Waals surface area contributed by atoms with Gasteiger partial charge in [0.15, 0.2) is 5.82 Å². The molecule has 0 saturated carbocycles. The summed E-state index contributed by atoms with van der Waals surface area (Å²) in [5, 5.41) is 27.5. The lowest BCUT2D eigenvalue weighted by Gasteiger charge is -2.26. The predicted octanol–water partition coefficient (Wildman–Crippen LogP) is 13.5. The molecule has 6 heteroatoms. The first kappa shape index (κ1) is 34.3. The molecule has 282 valence electrons. The number of hydrogen-bond acceptors (Lipinski definition) is 3. The first-order valence-corrected chi connectivity index (χ1v) is 20.3. The van der Waals surface area contributed by atoms with Gasteiger partial charge in [0.25, 0.3) is 0 Å². The summed E-state index contributed by atoms with van der Waals surface area (Å²) in [6, 6.07) is 71.9. The Labute approximate surface area is 350 Å². The number of rotatable bonds is 5. The van der Waals surface area contributed by atoms with Gasteiger partial charge in [-0.05, 0) is 59.7 Å². The van der Waals surface area contributed by atoms with Crippen LogP contribution >= 0.6 is 0 Å². The van der Waals surface area contributed by atoms with E-state index in [0.29, 0.717) is 11.1 Å². The molecule has 12 aromatic rings. The normalized spacial score (nSPS) is 11.6. The molecule has 0 aliphatic rings. The molecule has 0 unspecified atom stereocenters. The highest BCUT2D eigenvalue weighted by molar-refractivity contribution is 6.14. The smallest absolute Gasteiger partial charge is 0.165 e.